The van der Waals surface area contributed by atoms with Crippen LogP contribution in [-0.2, 0) is 0 Å². The van der Waals surface area contributed by atoms with Crippen LogP contribution in [0.15, 0.2) is 30.3 Å². The van der Waals surface area contributed by atoms with Gasteiger partial charge >= 0.3 is 0 Å². The Hall–Kier alpha value is -1.02. The van der Waals surface area contributed by atoms with Gasteiger partial charge in [0, 0.05) is 5.54 Å². The Morgan fingerprint density at radius 1 is 1.24 bits per heavy atom. The summed E-state index contributed by atoms with van der Waals surface area (Å²) in [7, 11) is 0. The van der Waals surface area contributed by atoms with Gasteiger partial charge in [-0.1, -0.05) is 25.1 Å². The topological polar surface area (TPSA) is 21.3 Å². The maximum Gasteiger partial charge on any atom is 0.119 e. The second kappa shape index (κ2) is 6.06. The molecule has 0 aromatic heterocycles. The highest BCUT2D eigenvalue weighted by molar-refractivity contribution is 5.20. The molecule has 0 bridgehead atoms. The summed E-state index contributed by atoms with van der Waals surface area (Å²) >= 11 is 0. The third-order valence-electron chi connectivity index (χ3n) is 3.82. The van der Waals surface area contributed by atoms with E-state index < -0.39 is 0 Å². The normalized spacial score (nSPS) is 17.5. The summed E-state index contributed by atoms with van der Waals surface area (Å²) in [6, 6.07) is 10.0. The van der Waals surface area contributed by atoms with Gasteiger partial charge in [0.25, 0.3) is 0 Å². The van der Waals surface area contributed by atoms with E-state index in [1.807, 2.05) is 30.3 Å². The van der Waals surface area contributed by atoms with Gasteiger partial charge in [0.2, 0.25) is 0 Å². The molecule has 1 fully saturated rings. The van der Waals surface area contributed by atoms with Crippen molar-refractivity contribution in [2.24, 2.45) is 0 Å². The zero-order chi connectivity index (χ0) is 12.0. The molecule has 0 amide bonds. The molecule has 2 heteroatoms. The highest BCUT2D eigenvalue weighted by Gasteiger charge is 2.33. The summed E-state index contributed by atoms with van der Waals surface area (Å²) < 4.78 is 5.67. The smallest absolute Gasteiger partial charge is 0.119 e. The number of ether oxygens (including phenoxy) is 1. The summed E-state index contributed by atoms with van der Waals surface area (Å²) in [6.45, 7) is 4.16. The summed E-state index contributed by atoms with van der Waals surface area (Å²) in [4.78, 5) is 0. The predicted molar refractivity (Wildman–Crippen MR) is 71.4 cm³/mol. The number of nitrogens with one attached hydrogen (secondary N) is 1. The third-order valence-corrected chi connectivity index (χ3v) is 3.82. The Labute approximate surface area is 104 Å². The van der Waals surface area contributed by atoms with Crippen molar-refractivity contribution >= 4 is 0 Å². The minimum Gasteiger partial charge on any atom is -0.494 e. The molecule has 0 aliphatic heterocycles. The fourth-order valence-electron chi connectivity index (χ4n) is 2.39. The van der Waals surface area contributed by atoms with Crippen LogP contribution in [-0.4, -0.2) is 18.7 Å². The zero-order valence-electron chi connectivity index (χ0n) is 10.7. The van der Waals surface area contributed by atoms with Gasteiger partial charge in [-0.3, -0.25) is 0 Å². The van der Waals surface area contributed by atoms with E-state index >= 15 is 0 Å². The lowest BCUT2D eigenvalue weighted by Gasteiger charge is -2.42. The third kappa shape index (κ3) is 3.47. The van der Waals surface area contributed by atoms with Gasteiger partial charge in [0.15, 0.2) is 0 Å². The monoisotopic (exact) mass is 233 g/mol. The lowest BCUT2D eigenvalue weighted by Crippen LogP contribution is -2.50. The number of benzene rings is 1. The molecule has 1 aliphatic rings. The first kappa shape index (κ1) is 12.4. The van der Waals surface area contributed by atoms with E-state index in [0.717, 1.165) is 25.3 Å². The average Bonchev–Trinajstić information content (AvgIpc) is 2.33. The van der Waals surface area contributed by atoms with Crippen LogP contribution in [0.4, 0.5) is 0 Å². The second-order valence-corrected chi connectivity index (χ2v) is 4.93. The van der Waals surface area contributed by atoms with E-state index in [9.17, 15) is 0 Å². The van der Waals surface area contributed by atoms with Crippen LogP contribution in [0, 0.1) is 0 Å². The van der Waals surface area contributed by atoms with Gasteiger partial charge in [-0.25, -0.2) is 0 Å². The number of hydrogen-bond acceptors (Lipinski definition) is 2. The Morgan fingerprint density at radius 3 is 2.59 bits per heavy atom. The molecule has 94 valence electrons. The Kier molecular flexibility index (Phi) is 4.43. The van der Waals surface area contributed by atoms with E-state index in [2.05, 4.69) is 12.2 Å². The van der Waals surface area contributed by atoms with Gasteiger partial charge in [-0.15, -0.1) is 0 Å². The van der Waals surface area contributed by atoms with E-state index in [1.54, 1.807) is 0 Å². The van der Waals surface area contributed by atoms with Crippen molar-refractivity contribution < 1.29 is 4.74 Å². The maximum absolute atomic E-state index is 5.67. The lowest BCUT2D eigenvalue weighted by atomic mass is 9.75. The standard InChI is InChI=1S/C15H23NO/c1-2-15(10-6-11-15)16-12-7-13-17-14-8-4-3-5-9-14/h3-5,8-9,16H,2,6-7,10-13H2,1H3. The summed E-state index contributed by atoms with van der Waals surface area (Å²) in [5, 5.41) is 3.69. The van der Waals surface area contributed by atoms with E-state index in [-0.39, 0.29) is 0 Å². The minimum absolute atomic E-state index is 0.465. The van der Waals surface area contributed by atoms with Crippen molar-refractivity contribution in [2.75, 3.05) is 13.2 Å². The zero-order valence-corrected chi connectivity index (χ0v) is 10.7. The van der Waals surface area contributed by atoms with Crippen LogP contribution in [0.5, 0.6) is 5.75 Å². The van der Waals surface area contributed by atoms with Crippen molar-refractivity contribution in [3.63, 3.8) is 0 Å². The minimum atomic E-state index is 0.465. The molecule has 0 saturated heterocycles. The number of para-hydroxylation sites is 1. The Morgan fingerprint density at radius 2 is 2.00 bits per heavy atom. The van der Waals surface area contributed by atoms with Crippen molar-refractivity contribution in [1.82, 2.24) is 5.32 Å². The first-order valence-electron chi connectivity index (χ1n) is 6.77. The number of hydrogen-bond donors (Lipinski definition) is 1. The molecule has 0 unspecified atom stereocenters. The molecule has 0 heterocycles. The molecule has 1 N–H and O–H groups in total. The largest absolute Gasteiger partial charge is 0.494 e. The molecule has 0 radical (unpaired) electrons. The first-order valence-corrected chi connectivity index (χ1v) is 6.77. The molecule has 2 rings (SSSR count). The molecule has 1 aromatic rings. The van der Waals surface area contributed by atoms with Gasteiger partial charge < -0.3 is 10.1 Å². The summed E-state index contributed by atoms with van der Waals surface area (Å²) in [6.07, 6.45) is 6.43. The molecular formula is C15H23NO. The van der Waals surface area contributed by atoms with E-state index in [4.69, 9.17) is 4.74 Å². The molecule has 2 nitrogen and oxygen atoms in total. The molecule has 0 spiro atoms. The molecule has 0 atom stereocenters. The van der Waals surface area contributed by atoms with Crippen LogP contribution in [0.3, 0.4) is 0 Å². The average molecular weight is 233 g/mol. The van der Waals surface area contributed by atoms with Crippen molar-refractivity contribution in [3.8, 4) is 5.75 Å². The number of rotatable bonds is 7. The SMILES string of the molecule is CCC1(NCCCOc2ccccc2)CCC1. The second-order valence-electron chi connectivity index (χ2n) is 4.93. The van der Waals surface area contributed by atoms with Gasteiger partial charge in [-0.2, -0.15) is 0 Å². The van der Waals surface area contributed by atoms with Gasteiger partial charge in [-0.05, 0) is 50.8 Å². The summed E-state index contributed by atoms with van der Waals surface area (Å²) in [5.41, 5.74) is 0.465. The summed E-state index contributed by atoms with van der Waals surface area (Å²) in [5.74, 6) is 0.973. The maximum atomic E-state index is 5.67. The molecule has 17 heavy (non-hydrogen) atoms. The molecule has 1 aromatic carbocycles. The van der Waals surface area contributed by atoms with Crippen LogP contribution < -0.4 is 10.1 Å². The van der Waals surface area contributed by atoms with E-state index in [1.165, 1.54) is 25.7 Å². The lowest BCUT2D eigenvalue weighted by molar-refractivity contribution is 0.173. The fourth-order valence-corrected chi connectivity index (χ4v) is 2.39. The van der Waals surface area contributed by atoms with Crippen LogP contribution in [0.1, 0.15) is 39.0 Å². The van der Waals surface area contributed by atoms with Crippen LogP contribution >= 0.6 is 0 Å². The van der Waals surface area contributed by atoms with Gasteiger partial charge in [0.05, 0.1) is 6.61 Å². The van der Waals surface area contributed by atoms with Crippen molar-refractivity contribution in [3.05, 3.63) is 30.3 Å². The Balaban J connectivity index is 1.58. The first-order chi connectivity index (χ1) is 8.35. The molecular weight excluding hydrogens is 210 g/mol. The molecule has 1 saturated carbocycles. The van der Waals surface area contributed by atoms with Crippen LogP contribution in [0.2, 0.25) is 0 Å². The Bertz CT molecular complexity index is 313. The van der Waals surface area contributed by atoms with Crippen molar-refractivity contribution in [2.45, 2.75) is 44.6 Å². The van der Waals surface area contributed by atoms with Gasteiger partial charge in [0.1, 0.15) is 5.75 Å². The predicted octanol–water partition coefficient (Wildman–Crippen LogP) is 3.38. The quantitative estimate of drug-likeness (QED) is 0.729. The fraction of sp³-hybridized carbons (Fsp3) is 0.600. The molecule has 1 aliphatic carbocycles. The van der Waals surface area contributed by atoms with Crippen LogP contribution in [0.25, 0.3) is 0 Å². The highest BCUT2D eigenvalue weighted by atomic mass is 16.5. The van der Waals surface area contributed by atoms with Crippen molar-refractivity contribution in [1.29, 1.82) is 0 Å². The van der Waals surface area contributed by atoms with E-state index in [0.29, 0.717) is 5.54 Å². The highest BCUT2D eigenvalue weighted by Crippen LogP contribution is 2.34.